The van der Waals surface area contributed by atoms with Gasteiger partial charge in [-0.3, -0.25) is 4.79 Å². The van der Waals surface area contributed by atoms with Crippen molar-refractivity contribution in [3.63, 3.8) is 0 Å². The number of hydrogen-bond acceptors (Lipinski definition) is 2. The summed E-state index contributed by atoms with van der Waals surface area (Å²) in [6.07, 6.45) is 5.05. The van der Waals surface area contributed by atoms with Crippen LogP contribution in [0.15, 0.2) is 41.0 Å². The van der Waals surface area contributed by atoms with E-state index in [1.807, 2.05) is 6.92 Å². The first-order valence-corrected chi connectivity index (χ1v) is 7.16. The second kappa shape index (κ2) is 5.53. The molecule has 3 heteroatoms. The minimum Gasteiger partial charge on any atom is -0.469 e. The number of rotatable bonds is 3. The Hall–Kier alpha value is -2.03. The van der Waals surface area contributed by atoms with Crippen LogP contribution in [0.4, 0.5) is 0 Å². The number of furan rings is 1. The Morgan fingerprint density at radius 2 is 2.20 bits per heavy atom. The Balaban J connectivity index is 1.68. The van der Waals surface area contributed by atoms with Crippen molar-refractivity contribution in [2.24, 2.45) is 0 Å². The Bertz CT molecular complexity index is 615. The fourth-order valence-electron chi connectivity index (χ4n) is 3.00. The van der Waals surface area contributed by atoms with Gasteiger partial charge in [-0.25, -0.2) is 0 Å². The van der Waals surface area contributed by atoms with Crippen LogP contribution in [-0.2, 0) is 6.42 Å². The molecular weight excluding hydrogens is 250 g/mol. The maximum absolute atomic E-state index is 12.1. The second-order valence-electron chi connectivity index (χ2n) is 5.39. The van der Waals surface area contributed by atoms with E-state index in [9.17, 15) is 4.79 Å². The molecule has 3 nitrogen and oxygen atoms in total. The van der Waals surface area contributed by atoms with Crippen molar-refractivity contribution < 1.29 is 9.21 Å². The standard InChI is InChI=1S/C17H19NO2/c1-12-15(9-10-20-12)17(19)18-11-14-7-4-6-13-5-2-3-8-16(13)14/h2-3,5,8-10,14H,4,6-7,11H2,1H3,(H,18,19). The Kier molecular flexibility index (Phi) is 3.59. The molecule has 0 bridgehead atoms. The maximum atomic E-state index is 12.1. The van der Waals surface area contributed by atoms with Crippen molar-refractivity contribution in [3.8, 4) is 0 Å². The molecule has 0 aliphatic heterocycles. The number of amides is 1. The lowest BCUT2D eigenvalue weighted by molar-refractivity contribution is 0.0948. The van der Waals surface area contributed by atoms with Gasteiger partial charge in [0, 0.05) is 12.5 Å². The van der Waals surface area contributed by atoms with Crippen molar-refractivity contribution >= 4 is 5.91 Å². The molecule has 0 fully saturated rings. The molecule has 3 rings (SSSR count). The molecule has 0 saturated heterocycles. The van der Waals surface area contributed by atoms with E-state index in [0.717, 1.165) is 12.8 Å². The first kappa shape index (κ1) is 13.0. The fraction of sp³-hybridized carbons (Fsp3) is 0.353. The fourth-order valence-corrected chi connectivity index (χ4v) is 3.00. The average molecular weight is 269 g/mol. The van der Waals surface area contributed by atoms with E-state index < -0.39 is 0 Å². The molecule has 1 aliphatic rings. The molecule has 1 atom stereocenters. The molecule has 1 aromatic heterocycles. The Morgan fingerprint density at radius 3 is 3.00 bits per heavy atom. The van der Waals surface area contributed by atoms with Gasteiger partial charge in [-0.15, -0.1) is 0 Å². The van der Waals surface area contributed by atoms with Gasteiger partial charge in [0.25, 0.3) is 5.91 Å². The van der Waals surface area contributed by atoms with Crippen LogP contribution in [0.5, 0.6) is 0 Å². The molecule has 20 heavy (non-hydrogen) atoms. The number of nitrogens with one attached hydrogen (secondary N) is 1. The van der Waals surface area contributed by atoms with E-state index in [1.165, 1.54) is 17.5 Å². The third-order valence-electron chi connectivity index (χ3n) is 4.11. The van der Waals surface area contributed by atoms with Crippen LogP contribution in [0.3, 0.4) is 0 Å². The second-order valence-corrected chi connectivity index (χ2v) is 5.39. The first-order chi connectivity index (χ1) is 9.75. The molecule has 0 spiro atoms. The average Bonchev–Trinajstić information content (AvgIpc) is 2.91. The molecule has 1 aliphatic carbocycles. The number of carbonyl (C=O) groups excluding carboxylic acids is 1. The predicted octanol–water partition coefficient (Wildman–Crippen LogP) is 3.44. The molecule has 1 heterocycles. The summed E-state index contributed by atoms with van der Waals surface area (Å²) in [5, 5.41) is 3.04. The minimum absolute atomic E-state index is 0.0423. The number of carbonyl (C=O) groups is 1. The Labute approximate surface area is 119 Å². The van der Waals surface area contributed by atoms with E-state index in [-0.39, 0.29) is 5.91 Å². The lowest BCUT2D eigenvalue weighted by Gasteiger charge is -2.25. The zero-order valence-electron chi connectivity index (χ0n) is 11.7. The van der Waals surface area contributed by atoms with Gasteiger partial charge >= 0.3 is 0 Å². The van der Waals surface area contributed by atoms with Gasteiger partial charge in [-0.2, -0.15) is 0 Å². The van der Waals surface area contributed by atoms with Crippen LogP contribution >= 0.6 is 0 Å². The summed E-state index contributed by atoms with van der Waals surface area (Å²) in [6, 6.07) is 10.3. The van der Waals surface area contributed by atoms with E-state index in [2.05, 4.69) is 29.6 Å². The van der Waals surface area contributed by atoms with Crippen LogP contribution in [-0.4, -0.2) is 12.5 Å². The van der Waals surface area contributed by atoms with Crippen molar-refractivity contribution in [3.05, 3.63) is 59.0 Å². The molecule has 1 amide bonds. The van der Waals surface area contributed by atoms with Gasteiger partial charge in [0.1, 0.15) is 5.76 Å². The molecule has 1 N–H and O–H groups in total. The molecule has 0 saturated carbocycles. The van der Waals surface area contributed by atoms with Crippen LogP contribution in [0.2, 0.25) is 0 Å². The summed E-state index contributed by atoms with van der Waals surface area (Å²) in [7, 11) is 0. The largest absolute Gasteiger partial charge is 0.469 e. The summed E-state index contributed by atoms with van der Waals surface area (Å²) in [4.78, 5) is 12.1. The highest BCUT2D eigenvalue weighted by atomic mass is 16.3. The monoisotopic (exact) mass is 269 g/mol. The zero-order valence-corrected chi connectivity index (χ0v) is 11.7. The first-order valence-electron chi connectivity index (χ1n) is 7.16. The third kappa shape index (κ3) is 2.48. The molecule has 0 radical (unpaired) electrons. The van der Waals surface area contributed by atoms with Gasteiger partial charge in [-0.05, 0) is 43.4 Å². The number of benzene rings is 1. The van der Waals surface area contributed by atoms with Gasteiger partial charge < -0.3 is 9.73 Å². The van der Waals surface area contributed by atoms with E-state index >= 15 is 0 Å². The molecule has 1 unspecified atom stereocenters. The smallest absolute Gasteiger partial charge is 0.254 e. The summed E-state index contributed by atoms with van der Waals surface area (Å²) >= 11 is 0. The highest BCUT2D eigenvalue weighted by Crippen LogP contribution is 2.30. The van der Waals surface area contributed by atoms with Gasteiger partial charge in [-0.1, -0.05) is 24.3 Å². The predicted molar refractivity (Wildman–Crippen MR) is 77.9 cm³/mol. The van der Waals surface area contributed by atoms with Gasteiger partial charge in [0.2, 0.25) is 0 Å². The molecule has 1 aromatic carbocycles. The van der Waals surface area contributed by atoms with E-state index in [4.69, 9.17) is 4.42 Å². The highest BCUT2D eigenvalue weighted by molar-refractivity contribution is 5.95. The molecular formula is C17H19NO2. The topological polar surface area (TPSA) is 42.2 Å². The van der Waals surface area contributed by atoms with Crippen LogP contribution < -0.4 is 5.32 Å². The number of fused-ring (bicyclic) bond motifs is 1. The van der Waals surface area contributed by atoms with E-state index in [0.29, 0.717) is 23.8 Å². The minimum atomic E-state index is -0.0423. The van der Waals surface area contributed by atoms with Crippen molar-refractivity contribution in [2.75, 3.05) is 6.54 Å². The third-order valence-corrected chi connectivity index (χ3v) is 4.11. The van der Waals surface area contributed by atoms with Crippen molar-refractivity contribution in [2.45, 2.75) is 32.1 Å². The lowest BCUT2D eigenvalue weighted by Crippen LogP contribution is -2.30. The number of hydrogen-bond donors (Lipinski definition) is 1. The van der Waals surface area contributed by atoms with Crippen LogP contribution in [0, 0.1) is 6.92 Å². The Morgan fingerprint density at radius 1 is 1.35 bits per heavy atom. The molecule has 2 aromatic rings. The lowest BCUT2D eigenvalue weighted by atomic mass is 9.83. The van der Waals surface area contributed by atoms with Crippen LogP contribution in [0.1, 0.15) is 46.0 Å². The molecule has 104 valence electrons. The summed E-state index contributed by atoms with van der Waals surface area (Å²) < 4.78 is 5.17. The van der Waals surface area contributed by atoms with Crippen molar-refractivity contribution in [1.29, 1.82) is 0 Å². The van der Waals surface area contributed by atoms with Gasteiger partial charge in [0.05, 0.1) is 11.8 Å². The van der Waals surface area contributed by atoms with Crippen molar-refractivity contribution in [1.82, 2.24) is 5.32 Å². The normalized spacial score (nSPS) is 17.6. The SMILES string of the molecule is Cc1occc1C(=O)NCC1CCCc2ccccc21. The summed E-state index contributed by atoms with van der Waals surface area (Å²) in [6.45, 7) is 2.51. The van der Waals surface area contributed by atoms with Crippen LogP contribution in [0.25, 0.3) is 0 Å². The zero-order chi connectivity index (χ0) is 13.9. The van der Waals surface area contributed by atoms with E-state index in [1.54, 1.807) is 12.3 Å². The summed E-state index contributed by atoms with van der Waals surface area (Å²) in [5.41, 5.74) is 3.45. The highest BCUT2D eigenvalue weighted by Gasteiger charge is 2.21. The summed E-state index contributed by atoms with van der Waals surface area (Å²) in [5.74, 6) is 1.06. The quantitative estimate of drug-likeness (QED) is 0.927. The van der Waals surface area contributed by atoms with Gasteiger partial charge in [0.15, 0.2) is 0 Å². The maximum Gasteiger partial charge on any atom is 0.254 e. The number of aryl methyl sites for hydroxylation is 2.